The Kier molecular flexibility index (Phi) is 4.96. The summed E-state index contributed by atoms with van der Waals surface area (Å²) in [5.74, 6) is 0. The Labute approximate surface area is 154 Å². The van der Waals surface area contributed by atoms with E-state index in [4.69, 9.17) is 4.74 Å². The van der Waals surface area contributed by atoms with E-state index in [0.29, 0.717) is 11.5 Å². The van der Waals surface area contributed by atoms with Crippen LogP contribution in [-0.2, 0) is 4.74 Å². The molecule has 1 aromatic heterocycles. The number of benzene rings is 1. The predicted molar refractivity (Wildman–Crippen MR) is 104 cm³/mol. The van der Waals surface area contributed by atoms with E-state index >= 15 is 0 Å². The Balaban J connectivity index is 1.46. The standard InChI is InChI=1S/C20H28N4O2/c1-15(2)24-14-21-19-12-16(5-6-18(19)20(24)25)23-9-7-22(8-10-23)13-17-4-3-11-26-17/h5-6,12,14-15,17H,3-4,7-11,13H2,1-2H3. The van der Waals surface area contributed by atoms with Gasteiger partial charge in [0.1, 0.15) is 0 Å². The molecule has 0 bridgehead atoms. The summed E-state index contributed by atoms with van der Waals surface area (Å²) in [6, 6.07) is 6.16. The first kappa shape index (κ1) is 17.5. The van der Waals surface area contributed by atoms with Gasteiger partial charge < -0.3 is 9.64 Å². The van der Waals surface area contributed by atoms with Crippen molar-refractivity contribution in [1.29, 1.82) is 0 Å². The van der Waals surface area contributed by atoms with Gasteiger partial charge in [-0.1, -0.05) is 0 Å². The summed E-state index contributed by atoms with van der Waals surface area (Å²) in [6.45, 7) is 10.1. The Bertz CT molecular complexity index is 818. The zero-order valence-electron chi connectivity index (χ0n) is 15.7. The first-order valence-electron chi connectivity index (χ1n) is 9.71. The highest BCUT2D eigenvalue weighted by atomic mass is 16.5. The molecule has 3 heterocycles. The molecule has 2 aliphatic heterocycles. The van der Waals surface area contributed by atoms with E-state index in [1.165, 1.54) is 12.8 Å². The minimum atomic E-state index is 0.0398. The van der Waals surface area contributed by atoms with Crippen molar-refractivity contribution in [2.45, 2.75) is 38.8 Å². The highest BCUT2D eigenvalue weighted by Crippen LogP contribution is 2.21. The molecule has 140 valence electrons. The summed E-state index contributed by atoms with van der Waals surface area (Å²) in [4.78, 5) is 22.0. The third-order valence-corrected chi connectivity index (χ3v) is 5.55. The van der Waals surface area contributed by atoms with Crippen molar-refractivity contribution in [3.8, 4) is 0 Å². The molecule has 26 heavy (non-hydrogen) atoms. The highest BCUT2D eigenvalue weighted by Gasteiger charge is 2.23. The number of rotatable bonds is 4. The molecule has 1 atom stereocenters. The quantitative estimate of drug-likeness (QED) is 0.841. The Morgan fingerprint density at radius 1 is 1.23 bits per heavy atom. The van der Waals surface area contributed by atoms with E-state index in [-0.39, 0.29) is 11.6 Å². The third-order valence-electron chi connectivity index (χ3n) is 5.55. The molecule has 0 N–H and O–H groups in total. The minimum Gasteiger partial charge on any atom is -0.377 e. The number of ether oxygens (including phenoxy) is 1. The molecule has 0 spiro atoms. The molecule has 1 aromatic carbocycles. The molecule has 1 unspecified atom stereocenters. The van der Waals surface area contributed by atoms with Crippen LogP contribution in [0.4, 0.5) is 5.69 Å². The molecule has 6 heteroatoms. The topological polar surface area (TPSA) is 50.6 Å². The lowest BCUT2D eigenvalue weighted by atomic mass is 10.1. The Morgan fingerprint density at radius 3 is 2.73 bits per heavy atom. The van der Waals surface area contributed by atoms with Crippen LogP contribution in [0.3, 0.4) is 0 Å². The minimum absolute atomic E-state index is 0.0398. The summed E-state index contributed by atoms with van der Waals surface area (Å²) >= 11 is 0. The molecule has 2 saturated heterocycles. The molecule has 2 fully saturated rings. The summed E-state index contributed by atoms with van der Waals surface area (Å²) in [6.07, 6.45) is 4.49. The fraction of sp³-hybridized carbons (Fsp3) is 0.600. The summed E-state index contributed by atoms with van der Waals surface area (Å²) < 4.78 is 7.44. The molecule has 4 rings (SSSR count). The summed E-state index contributed by atoms with van der Waals surface area (Å²) in [5.41, 5.74) is 1.98. The van der Waals surface area contributed by atoms with Crippen LogP contribution in [0.5, 0.6) is 0 Å². The molecular weight excluding hydrogens is 328 g/mol. The average molecular weight is 356 g/mol. The molecular formula is C20H28N4O2. The second-order valence-corrected chi connectivity index (χ2v) is 7.67. The van der Waals surface area contributed by atoms with Crippen LogP contribution in [0.1, 0.15) is 32.7 Å². The number of hydrogen-bond acceptors (Lipinski definition) is 5. The second-order valence-electron chi connectivity index (χ2n) is 7.67. The van der Waals surface area contributed by atoms with Gasteiger partial charge in [-0.3, -0.25) is 14.3 Å². The van der Waals surface area contributed by atoms with Crippen molar-refractivity contribution < 1.29 is 4.74 Å². The SMILES string of the molecule is CC(C)n1cnc2cc(N3CCN(CC4CCCO4)CC3)ccc2c1=O. The maximum absolute atomic E-state index is 12.6. The van der Waals surface area contributed by atoms with Gasteiger partial charge in [-0.25, -0.2) is 4.98 Å². The van der Waals surface area contributed by atoms with Gasteiger partial charge in [0.05, 0.1) is 23.3 Å². The number of hydrogen-bond donors (Lipinski definition) is 0. The number of piperazine rings is 1. The van der Waals surface area contributed by atoms with Crippen LogP contribution in [0, 0.1) is 0 Å². The van der Waals surface area contributed by atoms with Gasteiger partial charge in [0.15, 0.2) is 0 Å². The highest BCUT2D eigenvalue weighted by molar-refractivity contribution is 5.81. The van der Waals surface area contributed by atoms with E-state index < -0.39 is 0 Å². The molecule has 0 aliphatic carbocycles. The lowest BCUT2D eigenvalue weighted by molar-refractivity contribution is 0.0713. The van der Waals surface area contributed by atoms with Gasteiger partial charge in [-0.2, -0.15) is 0 Å². The molecule has 6 nitrogen and oxygen atoms in total. The van der Waals surface area contributed by atoms with Crippen molar-refractivity contribution in [2.24, 2.45) is 0 Å². The molecule has 0 radical (unpaired) electrons. The third kappa shape index (κ3) is 3.48. The lowest BCUT2D eigenvalue weighted by Gasteiger charge is -2.37. The van der Waals surface area contributed by atoms with E-state index in [9.17, 15) is 4.79 Å². The van der Waals surface area contributed by atoms with Gasteiger partial charge in [-0.05, 0) is 44.9 Å². The predicted octanol–water partition coefficient (Wildman–Crippen LogP) is 2.28. The average Bonchev–Trinajstić information content (AvgIpc) is 3.15. The van der Waals surface area contributed by atoms with Crippen LogP contribution < -0.4 is 10.5 Å². The van der Waals surface area contributed by atoms with Gasteiger partial charge in [-0.15, -0.1) is 0 Å². The fourth-order valence-corrected chi connectivity index (χ4v) is 3.95. The molecule has 0 amide bonds. The van der Waals surface area contributed by atoms with Gasteiger partial charge in [0.25, 0.3) is 5.56 Å². The monoisotopic (exact) mass is 356 g/mol. The van der Waals surface area contributed by atoms with Crippen LogP contribution in [-0.4, -0.2) is 59.9 Å². The Morgan fingerprint density at radius 2 is 2.04 bits per heavy atom. The van der Waals surface area contributed by atoms with Crippen LogP contribution in [0.15, 0.2) is 29.3 Å². The number of aromatic nitrogens is 2. The normalized spacial score (nSPS) is 21.8. The van der Waals surface area contributed by atoms with Crippen molar-refractivity contribution in [2.75, 3.05) is 44.2 Å². The zero-order chi connectivity index (χ0) is 18.1. The smallest absolute Gasteiger partial charge is 0.261 e. The maximum Gasteiger partial charge on any atom is 0.261 e. The molecule has 2 aliphatic rings. The van der Waals surface area contributed by atoms with E-state index in [1.54, 1.807) is 10.9 Å². The van der Waals surface area contributed by atoms with E-state index in [0.717, 1.165) is 50.5 Å². The Hall–Kier alpha value is -1.92. The van der Waals surface area contributed by atoms with E-state index in [1.807, 2.05) is 19.9 Å². The second kappa shape index (κ2) is 7.37. The maximum atomic E-state index is 12.6. The zero-order valence-corrected chi connectivity index (χ0v) is 15.7. The van der Waals surface area contributed by atoms with Gasteiger partial charge in [0.2, 0.25) is 0 Å². The van der Waals surface area contributed by atoms with Gasteiger partial charge >= 0.3 is 0 Å². The summed E-state index contributed by atoms with van der Waals surface area (Å²) in [5, 5.41) is 0.696. The summed E-state index contributed by atoms with van der Waals surface area (Å²) in [7, 11) is 0. The van der Waals surface area contributed by atoms with Crippen molar-refractivity contribution >= 4 is 16.6 Å². The van der Waals surface area contributed by atoms with Crippen molar-refractivity contribution in [3.63, 3.8) is 0 Å². The van der Waals surface area contributed by atoms with E-state index in [2.05, 4.69) is 26.9 Å². The largest absolute Gasteiger partial charge is 0.377 e. The molecule has 2 aromatic rings. The van der Waals surface area contributed by atoms with Crippen LogP contribution >= 0.6 is 0 Å². The fourth-order valence-electron chi connectivity index (χ4n) is 3.95. The number of anilines is 1. The first-order chi connectivity index (χ1) is 12.6. The van der Waals surface area contributed by atoms with Crippen molar-refractivity contribution in [3.05, 3.63) is 34.9 Å². The number of nitrogens with zero attached hydrogens (tertiary/aromatic N) is 4. The van der Waals surface area contributed by atoms with Gasteiger partial charge in [0, 0.05) is 51.1 Å². The number of fused-ring (bicyclic) bond motifs is 1. The molecule has 0 saturated carbocycles. The lowest BCUT2D eigenvalue weighted by Crippen LogP contribution is -2.48. The first-order valence-corrected chi connectivity index (χ1v) is 9.71. The van der Waals surface area contributed by atoms with Crippen LogP contribution in [0.25, 0.3) is 10.9 Å². The van der Waals surface area contributed by atoms with Crippen molar-refractivity contribution in [1.82, 2.24) is 14.5 Å². The van der Waals surface area contributed by atoms with Crippen LogP contribution in [0.2, 0.25) is 0 Å².